The third-order valence-corrected chi connectivity index (χ3v) is 3.14. The number of methoxy groups -OCH3 is 1. The molecule has 0 atom stereocenters. The molecule has 0 aliphatic carbocycles. The summed E-state index contributed by atoms with van der Waals surface area (Å²) in [4.78, 5) is 23.0. The van der Waals surface area contributed by atoms with Crippen LogP contribution < -0.4 is 4.74 Å². The first-order valence-corrected chi connectivity index (χ1v) is 5.71. The van der Waals surface area contributed by atoms with Gasteiger partial charge >= 0.3 is 5.97 Å². The number of carbonyl (C=O) groups is 2. The zero-order valence-corrected chi connectivity index (χ0v) is 11.4. The molecule has 4 nitrogen and oxygen atoms in total. The van der Waals surface area contributed by atoms with Crippen molar-refractivity contribution in [1.29, 1.82) is 0 Å². The number of carbonyl (C=O) groups excluding carboxylic acids is 1. The number of halogens is 1. The maximum Gasteiger partial charge on any atom is 0.316 e. The van der Waals surface area contributed by atoms with Gasteiger partial charge in [-0.25, -0.2) is 0 Å². The average Bonchev–Trinajstić information content (AvgIpc) is 2.27. The Kier molecular flexibility index (Phi) is 3.93. The molecular weight excluding hydrogens is 288 g/mol. The number of carboxylic acid groups (broad SMARTS) is 1. The lowest BCUT2D eigenvalue weighted by atomic mass is 9.84. The first kappa shape index (κ1) is 13.7. The van der Waals surface area contributed by atoms with Crippen molar-refractivity contribution in [2.24, 2.45) is 5.41 Å². The van der Waals surface area contributed by atoms with Crippen LogP contribution in [0.15, 0.2) is 22.7 Å². The molecule has 5 heteroatoms. The van der Waals surface area contributed by atoms with E-state index in [1.807, 2.05) is 0 Å². The predicted molar refractivity (Wildman–Crippen MR) is 66.4 cm³/mol. The fraction of sp³-hybridized carbons (Fsp3) is 0.333. The molecule has 1 N–H and O–H groups in total. The number of Topliss-reactive ketones (excluding diaryl/α,β-unsaturated/α-hetero) is 1. The second-order valence-electron chi connectivity index (χ2n) is 4.11. The Balaban J connectivity index is 3.14. The standard InChI is InChI=1S/C12H13BrO4/c1-12(2,11(15)16)10(14)7-4-5-9(17-3)8(13)6-7/h4-6H,1-3H3,(H,15,16). The summed E-state index contributed by atoms with van der Waals surface area (Å²) < 4.78 is 5.66. The molecule has 92 valence electrons. The summed E-state index contributed by atoms with van der Waals surface area (Å²) in [5.41, 5.74) is -1.10. The Hall–Kier alpha value is -1.36. The van der Waals surface area contributed by atoms with Crippen LogP contribution in [0.5, 0.6) is 5.75 Å². The Labute approximate surface area is 108 Å². The molecule has 1 aromatic rings. The van der Waals surface area contributed by atoms with E-state index in [1.54, 1.807) is 18.2 Å². The van der Waals surface area contributed by atoms with Crippen molar-refractivity contribution in [3.05, 3.63) is 28.2 Å². The number of rotatable bonds is 4. The average molecular weight is 301 g/mol. The normalized spacial score (nSPS) is 11.1. The van der Waals surface area contributed by atoms with Gasteiger partial charge < -0.3 is 9.84 Å². The van der Waals surface area contributed by atoms with E-state index in [0.29, 0.717) is 15.8 Å². The molecule has 0 aromatic heterocycles. The van der Waals surface area contributed by atoms with Gasteiger partial charge in [-0.05, 0) is 48.0 Å². The van der Waals surface area contributed by atoms with E-state index in [2.05, 4.69) is 15.9 Å². The number of hydrogen-bond acceptors (Lipinski definition) is 3. The minimum absolute atomic E-state index is 0.338. The van der Waals surface area contributed by atoms with Gasteiger partial charge in [0, 0.05) is 5.56 Å². The Bertz CT molecular complexity index is 466. The predicted octanol–water partition coefficient (Wildman–Crippen LogP) is 2.75. The molecule has 0 saturated carbocycles. The van der Waals surface area contributed by atoms with Crippen molar-refractivity contribution in [3.63, 3.8) is 0 Å². The third kappa shape index (κ3) is 2.66. The van der Waals surface area contributed by atoms with E-state index in [1.165, 1.54) is 21.0 Å². The van der Waals surface area contributed by atoms with Crippen molar-refractivity contribution < 1.29 is 19.4 Å². The van der Waals surface area contributed by atoms with Gasteiger partial charge in [0.25, 0.3) is 0 Å². The lowest BCUT2D eigenvalue weighted by Gasteiger charge is -2.17. The van der Waals surface area contributed by atoms with Crippen LogP contribution in [0.2, 0.25) is 0 Å². The molecule has 0 heterocycles. The summed E-state index contributed by atoms with van der Waals surface area (Å²) in [7, 11) is 1.52. The highest BCUT2D eigenvalue weighted by Crippen LogP contribution is 2.29. The maximum atomic E-state index is 12.0. The maximum absolute atomic E-state index is 12.0. The number of ether oxygens (including phenoxy) is 1. The topological polar surface area (TPSA) is 63.6 Å². The molecular formula is C12H13BrO4. The van der Waals surface area contributed by atoms with Crippen molar-refractivity contribution in [3.8, 4) is 5.75 Å². The zero-order chi connectivity index (χ0) is 13.2. The fourth-order valence-corrected chi connectivity index (χ4v) is 1.81. The second-order valence-corrected chi connectivity index (χ2v) is 4.96. The summed E-state index contributed by atoms with van der Waals surface area (Å²) in [6.45, 7) is 2.77. The van der Waals surface area contributed by atoms with Crippen molar-refractivity contribution in [2.75, 3.05) is 7.11 Å². The monoisotopic (exact) mass is 300 g/mol. The molecule has 1 aromatic carbocycles. The third-order valence-electron chi connectivity index (χ3n) is 2.52. The van der Waals surface area contributed by atoms with E-state index in [4.69, 9.17) is 9.84 Å². The Morgan fingerprint density at radius 1 is 1.35 bits per heavy atom. The van der Waals surface area contributed by atoms with E-state index in [9.17, 15) is 9.59 Å². The minimum Gasteiger partial charge on any atom is -0.496 e. The molecule has 17 heavy (non-hydrogen) atoms. The van der Waals surface area contributed by atoms with Gasteiger partial charge in [-0.3, -0.25) is 9.59 Å². The lowest BCUT2D eigenvalue weighted by Crippen LogP contribution is -2.33. The van der Waals surface area contributed by atoms with Crippen LogP contribution in [0.1, 0.15) is 24.2 Å². The van der Waals surface area contributed by atoms with Crippen LogP contribution in [-0.2, 0) is 4.79 Å². The largest absolute Gasteiger partial charge is 0.496 e. The molecule has 0 fully saturated rings. The molecule has 0 aliphatic heterocycles. The fourth-order valence-electron chi connectivity index (χ4n) is 1.27. The van der Waals surface area contributed by atoms with Gasteiger partial charge in [0.15, 0.2) is 5.78 Å². The number of carboxylic acids is 1. The zero-order valence-electron chi connectivity index (χ0n) is 9.78. The van der Waals surface area contributed by atoms with E-state index in [-0.39, 0.29) is 0 Å². The Morgan fingerprint density at radius 3 is 2.35 bits per heavy atom. The van der Waals surface area contributed by atoms with E-state index in [0.717, 1.165) is 0 Å². The first-order chi connectivity index (χ1) is 7.80. The lowest BCUT2D eigenvalue weighted by molar-refractivity contribution is -0.144. The molecule has 0 saturated heterocycles. The van der Waals surface area contributed by atoms with Gasteiger partial charge in [0.05, 0.1) is 11.6 Å². The SMILES string of the molecule is COc1ccc(C(=O)C(C)(C)C(=O)O)cc1Br. The molecule has 0 aliphatic rings. The highest BCUT2D eigenvalue weighted by molar-refractivity contribution is 9.10. The van der Waals surface area contributed by atoms with Gasteiger partial charge in [0.2, 0.25) is 0 Å². The highest BCUT2D eigenvalue weighted by Gasteiger charge is 2.36. The molecule has 0 unspecified atom stereocenters. The number of benzene rings is 1. The van der Waals surface area contributed by atoms with E-state index >= 15 is 0 Å². The second kappa shape index (κ2) is 4.87. The molecule has 0 amide bonds. The summed E-state index contributed by atoms with van der Waals surface area (Å²) in [5, 5.41) is 8.99. The number of aliphatic carboxylic acids is 1. The number of hydrogen-bond donors (Lipinski definition) is 1. The highest BCUT2D eigenvalue weighted by atomic mass is 79.9. The van der Waals surface area contributed by atoms with Gasteiger partial charge in [-0.15, -0.1) is 0 Å². The minimum atomic E-state index is -1.44. The van der Waals surface area contributed by atoms with Crippen LogP contribution >= 0.6 is 15.9 Å². The van der Waals surface area contributed by atoms with Crippen LogP contribution in [0.3, 0.4) is 0 Å². The van der Waals surface area contributed by atoms with Crippen molar-refractivity contribution in [1.82, 2.24) is 0 Å². The summed E-state index contributed by atoms with van der Waals surface area (Å²) in [6.07, 6.45) is 0. The molecule has 0 bridgehead atoms. The van der Waals surface area contributed by atoms with E-state index < -0.39 is 17.2 Å². The van der Waals surface area contributed by atoms with Gasteiger partial charge in [0.1, 0.15) is 11.2 Å². The number of ketones is 1. The van der Waals surface area contributed by atoms with Crippen LogP contribution in [-0.4, -0.2) is 24.0 Å². The Morgan fingerprint density at radius 2 is 1.94 bits per heavy atom. The molecule has 0 spiro atoms. The van der Waals surface area contributed by atoms with Gasteiger partial charge in [-0.2, -0.15) is 0 Å². The first-order valence-electron chi connectivity index (χ1n) is 4.92. The van der Waals surface area contributed by atoms with Crippen molar-refractivity contribution in [2.45, 2.75) is 13.8 Å². The summed E-state index contributed by atoms with van der Waals surface area (Å²) >= 11 is 3.25. The van der Waals surface area contributed by atoms with Gasteiger partial charge in [-0.1, -0.05) is 0 Å². The summed E-state index contributed by atoms with van der Waals surface area (Å²) in [5.74, 6) is -0.988. The molecule has 0 radical (unpaired) electrons. The van der Waals surface area contributed by atoms with Crippen LogP contribution in [0.25, 0.3) is 0 Å². The molecule has 1 rings (SSSR count). The smallest absolute Gasteiger partial charge is 0.316 e. The van der Waals surface area contributed by atoms with Crippen molar-refractivity contribution >= 4 is 27.7 Å². The summed E-state index contributed by atoms with van der Waals surface area (Å²) in [6, 6.07) is 4.73. The quantitative estimate of drug-likeness (QED) is 0.686. The van der Waals surface area contributed by atoms with Crippen LogP contribution in [0.4, 0.5) is 0 Å². The van der Waals surface area contributed by atoms with Crippen LogP contribution in [0, 0.1) is 5.41 Å².